The number of para-hydroxylation sites is 1. The number of allylic oxidation sites excluding steroid dienone is 1. The van der Waals surface area contributed by atoms with Crippen LogP contribution >= 0.6 is 0 Å². The van der Waals surface area contributed by atoms with E-state index >= 15 is 0 Å². The molecule has 0 saturated heterocycles. The third kappa shape index (κ3) is 3.56. The summed E-state index contributed by atoms with van der Waals surface area (Å²) in [6.45, 7) is 2.32. The van der Waals surface area contributed by atoms with Gasteiger partial charge in [0.05, 0.1) is 6.61 Å². The third-order valence-electron chi connectivity index (χ3n) is 9.86. The zero-order valence-corrected chi connectivity index (χ0v) is 20.2. The number of terminal acetylenes is 1. The Morgan fingerprint density at radius 1 is 1.12 bits per heavy atom. The van der Waals surface area contributed by atoms with Crippen LogP contribution in [0.1, 0.15) is 70.3 Å². The standard InChI is InChI=1S/C21H28O2.C9H9NO/c1-3-20-11-9-17-16-8-6-15(22)13-14(16)5-7-18(17)19(20)10-12-21(20,23)4-2;11-6-7-5-10-9-4-2-1-3-8(7)9/h2,13,16-19,23H,3,5-12H2,1H3;1-5,10-11H,6H2/t16-,17+,18+,19-,20-,21-;/m0./s1. The first kappa shape index (κ1) is 23.4. The normalized spacial score (nSPS) is 36.4. The fourth-order valence-corrected chi connectivity index (χ4v) is 8.22. The Hall–Kier alpha value is -2.35. The molecular formula is C30H37NO3. The molecule has 4 aliphatic carbocycles. The SMILES string of the molecule is C#C[C@]1(O)CC[C@H]2[C@@H]3CCC4=CC(=O)CC[C@@H]4[C@H]3CC[C@@]21CC.OCc1c[nH]c2ccccc12. The van der Waals surface area contributed by atoms with Gasteiger partial charge < -0.3 is 15.2 Å². The number of benzene rings is 1. The minimum absolute atomic E-state index is 0.0609. The molecular weight excluding hydrogens is 422 g/mol. The van der Waals surface area contributed by atoms with Gasteiger partial charge in [0.1, 0.15) is 5.60 Å². The van der Waals surface area contributed by atoms with E-state index in [4.69, 9.17) is 11.5 Å². The van der Waals surface area contributed by atoms with Gasteiger partial charge in [-0.25, -0.2) is 0 Å². The maximum Gasteiger partial charge on any atom is 0.155 e. The Labute approximate surface area is 202 Å². The summed E-state index contributed by atoms with van der Waals surface area (Å²) >= 11 is 0. The smallest absolute Gasteiger partial charge is 0.155 e. The van der Waals surface area contributed by atoms with Gasteiger partial charge in [0.25, 0.3) is 0 Å². The molecule has 1 heterocycles. The summed E-state index contributed by atoms with van der Waals surface area (Å²) in [7, 11) is 0. The number of H-pyrrole nitrogens is 1. The van der Waals surface area contributed by atoms with Crippen molar-refractivity contribution in [3.8, 4) is 12.3 Å². The highest BCUT2D eigenvalue weighted by atomic mass is 16.3. The van der Waals surface area contributed by atoms with Crippen LogP contribution in [0, 0.1) is 41.4 Å². The lowest BCUT2D eigenvalue weighted by atomic mass is 9.49. The van der Waals surface area contributed by atoms with Crippen LogP contribution in [0.25, 0.3) is 10.9 Å². The predicted molar refractivity (Wildman–Crippen MR) is 135 cm³/mol. The molecule has 0 amide bonds. The molecule has 0 spiro atoms. The average Bonchev–Trinajstić information content (AvgIpc) is 3.43. The molecule has 3 N–H and O–H groups in total. The summed E-state index contributed by atoms with van der Waals surface area (Å²) in [6, 6.07) is 7.93. The number of rotatable bonds is 2. The van der Waals surface area contributed by atoms with Gasteiger partial charge in [-0.2, -0.15) is 0 Å². The predicted octanol–water partition coefficient (Wildman–Crippen LogP) is 5.54. The summed E-state index contributed by atoms with van der Waals surface area (Å²) in [6.07, 6.45) is 18.7. The minimum Gasteiger partial charge on any atom is -0.392 e. The molecule has 0 bridgehead atoms. The Bertz CT molecular complexity index is 1140. The van der Waals surface area contributed by atoms with E-state index in [9.17, 15) is 9.90 Å². The summed E-state index contributed by atoms with van der Waals surface area (Å²) < 4.78 is 0. The lowest BCUT2D eigenvalue weighted by Crippen LogP contribution is -2.53. The number of aliphatic hydroxyl groups excluding tert-OH is 1. The minimum atomic E-state index is -0.893. The summed E-state index contributed by atoms with van der Waals surface area (Å²) in [5.74, 6) is 5.73. The van der Waals surface area contributed by atoms with Crippen LogP contribution in [-0.2, 0) is 11.4 Å². The molecule has 4 nitrogen and oxygen atoms in total. The number of nitrogens with one attached hydrogen (secondary N) is 1. The van der Waals surface area contributed by atoms with E-state index in [1.165, 1.54) is 18.4 Å². The quantitative estimate of drug-likeness (QED) is 0.516. The van der Waals surface area contributed by atoms with Crippen molar-refractivity contribution in [1.82, 2.24) is 4.98 Å². The summed E-state index contributed by atoms with van der Waals surface area (Å²) in [4.78, 5) is 14.8. The fraction of sp³-hybridized carbons (Fsp3) is 0.567. The van der Waals surface area contributed by atoms with Gasteiger partial charge in [-0.1, -0.05) is 36.6 Å². The van der Waals surface area contributed by atoms with E-state index in [1.54, 1.807) is 0 Å². The molecule has 0 unspecified atom stereocenters. The maximum atomic E-state index is 11.8. The van der Waals surface area contributed by atoms with Crippen molar-refractivity contribution >= 4 is 16.7 Å². The molecule has 6 atom stereocenters. The van der Waals surface area contributed by atoms with Crippen LogP contribution < -0.4 is 0 Å². The first-order valence-electron chi connectivity index (χ1n) is 13.1. The molecule has 0 aliphatic heterocycles. The highest BCUT2D eigenvalue weighted by molar-refractivity contribution is 5.91. The van der Waals surface area contributed by atoms with Crippen molar-refractivity contribution in [2.45, 2.75) is 76.9 Å². The largest absolute Gasteiger partial charge is 0.392 e. The Kier molecular flexibility index (Phi) is 6.21. The molecule has 0 radical (unpaired) electrons. The molecule has 180 valence electrons. The second kappa shape index (κ2) is 9.02. The Morgan fingerprint density at radius 3 is 2.71 bits per heavy atom. The average molecular weight is 460 g/mol. The van der Waals surface area contributed by atoms with Crippen LogP contribution in [0.5, 0.6) is 0 Å². The maximum absolute atomic E-state index is 11.8. The lowest BCUT2D eigenvalue weighted by molar-refractivity contribution is -0.117. The van der Waals surface area contributed by atoms with Gasteiger partial charge in [0.2, 0.25) is 0 Å². The van der Waals surface area contributed by atoms with E-state index < -0.39 is 5.60 Å². The topological polar surface area (TPSA) is 73.3 Å². The van der Waals surface area contributed by atoms with Gasteiger partial charge in [-0.3, -0.25) is 4.79 Å². The number of ketones is 1. The highest BCUT2D eigenvalue weighted by Gasteiger charge is 2.63. The number of aromatic nitrogens is 1. The van der Waals surface area contributed by atoms with Crippen molar-refractivity contribution in [2.24, 2.45) is 29.1 Å². The first-order valence-corrected chi connectivity index (χ1v) is 13.1. The number of carbonyl (C=O) groups is 1. The lowest BCUT2D eigenvalue weighted by Gasteiger charge is -2.55. The van der Waals surface area contributed by atoms with Crippen LogP contribution in [0.4, 0.5) is 0 Å². The van der Waals surface area contributed by atoms with Crippen molar-refractivity contribution in [1.29, 1.82) is 0 Å². The molecule has 1 aromatic heterocycles. The highest BCUT2D eigenvalue weighted by Crippen LogP contribution is 2.66. The van der Waals surface area contributed by atoms with Gasteiger partial charge in [0, 0.05) is 34.5 Å². The van der Waals surface area contributed by atoms with Gasteiger partial charge >= 0.3 is 0 Å². The van der Waals surface area contributed by atoms with Crippen molar-refractivity contribution in [2.75, 3.05) is 0 Å². The zero-order chi connectivity index (χ0) is 23.9. The molecule has 34 heavy (non-hydrogen) atoms. The molecule has 2 aromatic rings. The van der Waals surface area contributed by atoms with E-state index in [-0.39, 0.29) is 12.0 Å². The number of aliphatic hydroxyl groups is 2. The van der Waals surface area contributed by atoms with E-state index in [2.05, 4.69) is 17.8 Å². The summed E-state index contributed by atoms with van der Waals surface area (Å²) in [5.41, 5.74) is 2.51. The van der Waals surface area contributed by atoms with Gasteiger partial charge in [0.15, 0.2) is 5.78 Å². The van der Waals surface area contributed by atoms with Crippen LogP contribution in [0.2, 0.25) is 0 Å². The summed E-state index contributed by atoms with van der Waals surface area (Å²) in [5, 5.41) is 21.1. The van der Waals surface area contributed by atoms with Crippen LogP contribution in [0.15, 0.2) is 42.1 Å². The number of fused-ring (bicyclic) bond motifs is 6. The van der Waals surface area contributed by atoms with Gasteiger partial charge in [-0.05, 0) is 87.2 Å². The van der Waals surface area contributed by atoms with E-state index in [1.807, 2.05) is 36.5 Å². The molecule has 4 aliphatic rings. The molecule has 1 aromatic carbocycles. The van der Waals surface area contributed by atoms with Gasteiger partial charge in [-0.15, -0.1) is 6.42 Å². The van der Waals surface area contributed by atoms with Crippen molar-refractivity contribution in [3.63, 3.8) is 0 Å². The van der Waals surface area contributed by atoms with Crippen molar-refractivity contribution in [3.05, 3.63) is 47.7 Å². The fourth-order valence-electron chi connectivity index (χ4n) is 8.22. The van der Waals surface area contributed by atoms with E-state index in [0.29, 0.717) is 29.5 Å². The Balaban J connectivity index is 0.000000183. The second-order valence-electron chi connectivity index (χ2n) is 10.9. The first-order chi connectivity index (χ1) is 16.5. The third-order valence-corrected chi connectivity index (χ3v) is 9.86. The molecule has 3 saturated carbocycles. The zero-order valence-electron chi connectivity index (χ0n) is 20.2. The Morgan fingerprint density at radius 2 is 1.94 bits per heavy atom. The van der Waals surface area contributed by atoms with Crippen molar-refractivity contribution < 1.29 is 15.0 Å². The number of carbonyl (C=O) groups excluding carboxylic acids is 1. The van der Waals surface area contributed by atoms with Crippen LogP contribution in [-0.4, -0.2) is 26.6 Å². The van der Waals surface area contributed by atoms with E-state index in [0.717, 1.165) is 61.4 Å². The monoisotopic (exact) mass is 459 g/mol. The molecule has 3 fully saturated rings. The molecule has 6 rings (SSSR count). The van der Waals surface area contributed by atoms with Crippen LogP contribution in [0.3, 0.4) is 0 Å². The number of hydrogen-bond acceptors (Lipinski definition) is 3. The second-order valence-corrected chi connectivity index (χ2v) is 10.9. The number of aromatic amines is 1. The molecule has 4 heteroatoms. The number of hydrogen-bond donors (Lipinski definition) is 3.